The zero-order valence-electron chi connectivity index (χ0n) is 15.6. The summed E-state index contributed by atoms with van der Waals surface area (Å²) in [5, 5.41) is 3.74. The second-order valence-electron chi connectivity index (χ2n) is 5.92. The molecule has 0 fully saturated rings. The maximum absolute atomic E-state index is 5.96. The van der Waals surface area contributed by atoms with Crippen molar-refractivity contribution < 1.29 is 17.7 Å². The van der Waals surface area contributed by atoms with Gasteiger partial charge in [0.05, 0.1) is 5.67 Å². The van der Waals surface area contributed by atoms with E-state index in [1.807, 2.05) is 0 Å². The predicted molar refractivity (Wildman–Crippen MR) is 96.7 cm³/mol. The van der Waals surface area contributed by atoms with E-state index in [9.17, 15) is 0 Å². The minimum Gasteiger partial charge on any atom is -0.420 e. The molecule has 0 rings (SSSR count). The van der Waals surface area contributed by atoms with Crippen LogP contribution in [0.5, 0.6) is 0 Å². The Labute approximate surface area is 140 Å². The number of hydrogen-bond donors (Lipinski definition) is 1. The van der Waals surface area contributed by atoms with E-state index in [0.29, 0.717) is 11.8 Å². The van der Waals surface area contributed by atoms with Crippen molar-refractivity contribution in [1.29, 1.82) is 0 Å². The third-order valence-electron chi connectivity index (χ3n) is 3.91. The van der Waals surface area contributed by atoms with Gasteiger partial charge in [-0.1, -0.05) is 33.1 Å². The Hall–Kier alpha value is 0.234. The van der Waals surface area contributed by atoms with Crippen LogP contribution in [0.3, 0.4) is 0 Å². The van der Waals surface area contributed by atoms with Gasteiger partial charge in [-0.2, -0.15) is 0 Å². The monoisotopic (exact) mass is 351 g/mol. The fourth-order valence-corrected chi connectivity index (χ4v) is 6.58. The van der Waals surface area contributed by atoms with Gasteiger partial charge >= 0.3 is 8.80 Å². The minimum absolute atomic E-state index is 0.113. The molecule has 22 heavy (non-hydrogen) atoms. The molecule has 1 N–H and O–H groups in total. The third-order valence-corrected chi connectivity index (χ3v) is 8.95. The maximum Gasteiger partial charge on any atom is 0.517 e. The molecule has 0 saturated heterocycles. The van der Waals surface area contributed by atoms with Crippen LogP contribution in [0.15, 0.2) is 0 Å². The molecule has 0 saturated carbocycles. The first-order chi connectivity index (χ1) is 10.5. The highest BCUT2D eigenvalue weighted by Gasteiger charge is 2.47. The van der Waals surface area contributed by atoms with Crippen LogP contribution in [-0.4, -0.2) is 57.3 Å². The van der Waals surface area contributed by atoms with E-state index < -0.39 is 18.6 Å². The van der Waals surface area contributed by atoms with E-state index >= 15 is 0 Å². The molecule has 0 radical (unpaired) electrons. The topological polar surface area (TPSA) is 49.0 Å². The van der Waals surface area contributed by atoms with Crippen LogP contribution in [0.2, 0.25) is 0 Å². The van der Waals surface area contributed by atoms with Gasteiger partial charge in [0.25, 0.3) is 0 Å². The minimum atomic E-state index is -2.66. The first-order valence-electron chi connectivity index (χ1n) is 8.52. The lowest BCUT2D eigenvalue weighted by atomic mass is 10.2. The Kier molecular flexibility index (Phi) is 12.8. The molecular weight excluding hydrogens is 314 g/mol. The molecule has 0 aliphatic rings. The molecule has 7 heteroatoms. The molecule has 0 bridgehead atoms. The molecule has 0 aromatic rings. The van der Waals surface area contributed by atoms with Crippen LogP contribution in [0, 0.1) is 0 Å². The van der Waals surface area contributed by atoms with Crippen molar-refractivity contribution in [2.24, 2.45) is 0 Å². The molecule has 0 amide bonds. The van der Waals surface area contributed by atoms with E-state index in [0.717, 1.165) is 12.8 Å². The molecule has 134 valence electrons. The Morgan fingerprint density at radius 2 is 1.59 bits per heavy atom. The lowest BCUT2D eigenvalue weighted by Gasteiger charge is -2.35. The van der Waals surface area contributed by atoms with Gasteiger partial charge < -0.3 is 23.0 Å². The highest BCUT2D eigenvalue weighted by atomic mass is 28.4. The van der Waals surface area contributed by atoms with Crippen LogP contribution < -0.4 is 5.32 Å². The quantitative estimate of drug-likeness (QED) is 0.384. The van der Waals surface area contributed by atoms with Gasteiger partial charge in [-0.15, -0.1) is 0 Å². The Bertz CT molecular complexity index is 258. The van der Waals surface area contributed by atoms with Crippen LogP contribution in [-0.2, 0) is 17.7 Å². The normalized spacial score (nSPS) is 15.8. The lowest BCUT2D eigenvalue weighted by Crippen LogP contribution is -2.62. The number of unbranched alkanes of at least 4 members (excludes halogenated alkanes) is 2. The summed E-state index contributed by atoms with van der Waals surface area (Å²) in [5.74, 6) is 0. The largest absolute Gasteiger partial charge is 0.517 e. The molecule has 2 unspecified atom stereocenters. The summed E-state index contributed by atoms with van der Waals surface area (Å²) in [6, 6.07) is 0. The fourth-order valence-electron chi connectivity index (χ4n) is 2.60. The van der Waals surface area contributed by atoms with Gasteiger partial charge in [0.2, 0.25) is 0 Å². The highest BCUT2D eigenvalue weighted by molar-refractivity contribution is 6.62. The van der Waals surface area contributed by atoms with Crippen molar-refractivity contribution in [2.75, 3.05) is 21.3 Å². The fraction of sp³-hybridized carbons (Fsp3) is 1.00. The zero-order valence-corrected chi connectivity index (χ0v) is 18.0. The maximum atomic E-state index is 5.96. The first-order valence-corrected chi connectivity index (χ1v) is 11.7. The van der Waals surface area contributed by atoms with E-state index in [1.165, 1.54) is 19.3 Å². The summed E-state index contributed by atoms with van der Waals surface area (Å²) in [5.41, 5.74) is 0.550. The molecule has 0 aliphatic heterocycles. The average Bonchev–Trinajstić information content (AvgIpc) is 2.52. The molecule has 0 heterocycles. The lowest BCUT2D eigenvalue weighted by molar-refractivity contribution is 0.105. The first kappa shape index (κ1) is 22.2. The van der Waals surface area contributed by atoms with Crippen LogP contribution in [0.25, 0.3) is 0 Å². The molecule has 0 spiro atoms. The van der Waals surface area contributed by atoms with Gasteiger partial charge in [-0.3, -0.25) is 0 Å². The van der Waals surface area contributed by atoms with Gasteiger partial charge in [-0.05, 0) is 26.7 Å². The Morgan fingerprint density at radius 3 is 2.00 bits per heavy atom. The average molecular weight is 352 g/mol. The third kappa shape index (κ3) is 7.67. The van der Waals surface area contributed by atoms with E-state index in [4.69, 9.17) is 17.7 Å². The smallest absolute Gasteiger partial charge is 0.420 e. The summed E-state index contributed by atoms with van der Waals surface area (Å²) in [6.07, 6.45) is 6.13. The number of rotatable bonds is 14. The van der Waals surface area contributed by atoms with Gasteiger partial charge in [0, 0.05) is 33.1 Å². The van der Waals surface area contributed by atoms with Gasteiger partial charge in [0.1, 0.15) is 0 Å². The molecule has 2 atom stereocenters. The van der Waals surface area contributed by atoms with Crippen molar-refractivity contribution in [3.05, 3.63) is 0 Å². The number of hydrogen-bond acceptors (Lipinski definition) is 5. The SMILES string of the molecule is CCCCCC(NC(CC)[Si](OC)(OC)OC)[SiH2]OC(C)C. The summed E-state index contributed by atoms with van der Waals surface area (Å²) in [7, 11) is 1.74. The van der Waals surface area contributed by atoms with Crippen LogP contribution in [0.4, 0.5) is 0 Å². The Balaban J connectivity index is 4.80. The van der Waals surface area contributed by atoms with Crippen LogP contribution in [0.1, 0.15) is 59.8 Å². The van der Waals surface area contributed by atoms with Gasteiger partial charge in [0.15, 0.2) is 9.76 Å². The molecular formula is C15H37NO4Si2. The van der Waals surface area contributed by atoms with E-state index in [-0.39, 0.29) is 5.67 Å². The highest BCUT2D eigenvalue weighted by Crippen LogP contribution is 2.16. The van der Waals surface area contributed by atoms with Crippen molar-refractivity contribution in [3.63, 3.8) is 0 Å². The summed E-state index contributed by atoms with van der Waals surface area (Å²) < 4.78 is 22.9. The second kappa shape index (κ2) is 12.6. The molecule has 5 nitrogen and oxygen atoms in total. The van der Waals surface area contributed by atoms with E-state index in [2.05, 4.69) is 33.0 Å². The summed E-state index contributed by atoms with van der Waals surface area (Å²) in [6.45, 7) is 8.58. The number of nitrogens with one attached hydrogen (secondary N) is 1. The van der Waals surface area contributed by atoms with Crippen LogP contribution >= 0.6 is 0 Å². The van der Waals surface area contributed by atoms with Crippen molar-refractivity contribution >= 4 is 18.6 Å². The predicted octanol–water partition coefficient (Wildman–Crippen LogP) is 2.19. The standard InChI is InChI=1S/C15H37NO4Si2/c1-8-10-11-12-14(21-20-13(3)4)16-15(9-2)22(17-5,18-6)19-7/h13-16H,8-12,21H2,1-7H3. The Morgan fingerprint density at radius 1 is 1.00 bits per heavy atom. The molecule has 0 aromatic heterocycles. The van der Waals surface area contributed by atoms with Crippen molar-refractivity contribution in [2.45, 2.75) is 77.2 Å². The van der Waals surface area contributed by atoms with Crippen molar-refractivity contribution in [1.82, 2.24) is 5.32 Å². The zero-order chi connectivity index (χ0) is 17.0. The summed E-state index contributed by atoms with van der Waals surface area (Å²) in [4.78, 5) is 0. The van der Waals surface area contributed by atoms with Crippen molar-refractivity contribution in [3.8, 4) is 0 Å². The molecule has 0 aliphatic carbocycles. The van der Waals surface area contributed by atoms with E-state index in [1.54, 1.807) is 21.3 Å². The van der Waals surface area contributed by atoms with Gasteiger partial charge in [-0.25, -0.2) is 0 Å². The second-order valence-corrected chi connectivity index (χ2v) is 10.7. The molecule has 0 aromatic carbocycles. The summed E-state index contributed by atoms with van der Waals surface area (Å²) >= 11 is 0.